The summed E-state index contributed by atoms with van der Waals surface area (Å²) in [6.07, 6.45) is 0. The van der Waals surface area contributed by atoms with Crippen molar-refractivity contribution in [3.63, 3.8) is 0 Å². The topological polar surface area (TPSA) is 12.5 Å². The Labute approximate surface area is 350 Å². The summed E-state index contributed by atoms with van der Waals surface area (Å²) in [5.74, 6) is 1.67. The fourth-order valence-corrected chi connectivity index (χ4v) is 8.67. The molecule has 0 N–H and O–H groups in total. The van der Waals surface area contributed by atoms with Crippen molar-refractivity contribution in [3.8, 4) is 78.3 Å². The molecule has 0 atom stereocenters. The average Bonchev–Trinajstić information content (AvgIpc) is 3.46. The summed E-state index contributed by atoms with van der Waals surface area (Å²) in [5, 5.41) is 2.45. The van der Waals surface area contributed by atoms with Gasteiger partial charge in [-0.2, -0.15) is 0 Å². The number of anilines is 3. The Balaban J connectivity index is 0.997. The van der Waals surface area contributed by atoms with Gasteiger partial charge in [0.2, 0.25) is 0 Å². The van der Waals surface area contributed by atoms with Gasteiger partial charge < -0.3 is 9.64 Å². The lowest BCUT2D eigenvalue weighted by Crippen LogP contribution is -2.10. The number of rotatable bonds is 7. The van der Waals surface area contributed by atoms with E-state index in [0.29, 0.717) is 0 Å². The van der Waals surface area contributed by atoms with Gasteiger partial charge in [-0.1, -0.05) is 182 Å². The van der Waals surface area contributed by atoms with Crippen molar-refractivity contribution in [3.05, 3.63) is 237 Å². The third kappa shape index (κ3) is 6.51. The first-order valence-electron chi connectivity index (χ1n) is 20.5. The molecule has 0 spiro atoms. The number of benzene rings is 10. The highest BCUT2D eigenvalue weighted by atomic mass is 16.5. The summed E-state index contributed by atoms with van der Waals surface area (Å²) in [5.41, 5.74) is 17.1. The zero-order valence-electron chi connectivity index (χ0n) is 32.9. The molecule has 10 aromatic carbocycles. The molecule has 0 fully saturated rings. The number of hydrogen-bond acceptors (Lipinski definition) is 2. The molecule has 0 bridgehead atoms. The molecule has 60 heavy (non-hydrogen) atoms. The highest BCUT2D eigenvalue weighted by molar-refractivity contribution is 5.99. The van der Waals surface area contributed by atoms with Gasteiger partial charge in [-0.05, 0) is 121 Å². The van der Waals surface area contributed by atoms with E-state index in [0.717, 1.165) is 56.4 Å². The highest BCUT2D eigenvalue weighted by Gasteiger charge is 2.24. The van der Waals surface area contributed by atoms with Crippen LogP contribution in [0.2, 0.25) is 0 Å². The Morgan fingerprint density at radius 1 is 0.250 bits per heavy atom. The molecule has 11 rings (SSSR count). The van der Waals surface area contributed by atoms with E-state index < -0.39 is 0 Å². The monoisotopic (exact) mass is 765 g/mol. The minimum absolute atomic E-state index is 0.827. The maximum Gasteiger partial charge on any atom is 0.135 e. The van der Waals surface area contributed by atoms with E-state index >= 15 is 0 Å². The lowest BCUT2D eigenvalue weighted by Gasteiger charge is -2.27. The Kier molecular flexibility index (Phi) is 8.87. The standard InChI is InChI=1S/C58H39NO/c1-3-12-40(13-4-1)42-22-24-43(25-23-42)45-28-33-49(34-29-45)59(48-31-26-44(27-32-48)41-14-5-2-6-15-41)50-35-37-57-56(39-50)54-20-10-9-19-53(54)55-36-30-47(38-58(55)60-57)52-21-11-17-46-16-7-8-18-51(46)52/h1-39H. The van der Waals surface area contributed by atoms with E-state index in [1.807, 2.05) is 0 Å². The zero-order chi connectivity index (χ0) is 39.8. The summed E-state index contributed by atoms with van der Waals surface area (Å²) >= 11 is 0. The second kappa shape index (κ2) is 15.1. The van der Waals surface area contributed by atoms with Crippen LogP contribution in [0, 0.1) is 0 Å². The van der Waals surface area contributed by atoms with E-state index in [9.17, 15) is 0 Å². The predicted molar refractivity (Wildman–Crippen MR) is 251 cm³/mol. The first kappa shape index (κ1) is 35.2. The van der Waals surface area contributed by atoms with Crippen LogP contribution < -0.4 is 9.64 Å². The molecular formula is C58H39NO. The van der Waals surface area contributed by atoms with Gasteiger partial charge >= 0.3 is 0 Å². The molecule has 1 aliphatic heterocycles. The van der Waals surface area contributed by atoms with Crippen LogP contribution >= 0.6 is 0 Å². The van der Waals surface area contributed by atoms with Gasteiger partial charge in [-0.25, -0.2) is 0 Å². The van der Waals surface area contributed by atoms with E-state index in [1.165, 1.54) is 49.7 Å². The summed E-state index contributed by atoms with van der Waals surface area (Å²) < 4.78 is 6.95. The number of nitrogens with zero attached hydrogens (tertiary/aromatic N) is 1. The van der Waals surface area contributed by atoms with Crippen LogP contribution in [0.3, 0.4) is 0 Å². The second-order valence-corrected chi connectivity index (χ2v) is 15.3. The van der Waals surface area contributed by atoms with Crippen LogP contribution in [-0.2, 0) is 0 Å². The van der Waals surface area contributed by atoms with Crippen LogP contribution in [0.5, 0.6) is 11.5 Å². The highest BCUT2D eigenvalue weighted by Crippen LogP contribution is 2.50. The van der Waals surface area contributed by atoms with E-state index in [4.69, 9.17) is 4.74 Å². The molecule has 0 saturated heterocycles. The molecule has 1 aliphatic rings. The molecule has 2 heteroatoms. The van der Waals surface area contributed by atoms with Gasteiger partial charge in [0.15, 0.2) is 0 Å². The number of fused-ring (bicyclic) bond motifs is 6. The second-order valence-electron chi connectivity index (χ2n) is 15.3. The summed E-state index contributed by atoms with van der Waals surface area (Å²) in [6.45, 7) is 0. The largest absolute Gasteiger partial charge is 0.456 e. The fraction of sp³-hybridized carbons (Fsp3) is 0. The maximum atomic E-state index is 6.95. The van der Waals surface area contributed by atoms with E-state index in [1.54, 1.807) is 0 Å². The number of hydrogen-bond donors (Lipinski definition) is 0. The summed E-state index contributed by atoms with van der Waals surface area (Å²) in [4.78, 5) is 2.34. The van der Waals surface area contributed by atoms with Crippen LogP contribution in [0.15, 0.2) is 237 Å². The maximum absolute atomic E-state index is 6.95. The van der Waals surface area contributed by atoms with Gasteiger partial charge in [0, 0.05) is 28.2 Å². The molecule has 282 valence electrons. The SMILES string of the molecule is c1ccc(-c2ccc(-c3ccc(N(c4ccc(-c5ccccc5)cc4)c4ccc5c(c4)-c4ccccc4-c4ccc(-c6cccc7ccccc67)cc4O5)cc3)cc2)cc1. The summed E-state index contributed by atoms with van der Waals surface area (Å²) in [7, 11) is 0. The minimum Gasteiger partial charge on any atom is -0.456 e. The zero-order valence-corrected chi connectivity index (χ0v) is 32.9. The molecular weight excluding hydrogens is 727 g/mol. The minimum atomic E-state index is 0.827. The lowest BCUT2D eigenvalue weighted by atomic mass is 9.92. The molecule has 0 unspecified atom stereocenters. The van der Waals surface area contributed by atoms with Crippen molar-refractivity contribution in [1.29, 1.82) is 0 Å². The van der Waals surface area contributed by atoms with Gasteiger partial charge in [0.1, 0.15) is 11.5 Å². The quantitative estimate of drug-likeness (QED) is 0.160. The third-order valence-corrected chi connectivity index (χ3v) is 11.7. The molecule has 0 radical (unpaired) electrons. The Morgan fingerprint density at radius 2 is 0.700 bits per heavy atom. The molecule has 0 aromatic heterocycles. The van der Waals surface area contributed by atoms with Crippen LogP contribution in [0.25, 0.3) is 77.5 Å². The average molecular weight is 766 g/mol. The normalized spacial score (nSPS) is 11.5. The molecule has 0 amide bonds. The Morgan fingerprint density at radius 3 is 1.32 bits per heavy atom. The van der Waals surface area contributed by atoms with Crippen LogP contribution in [0.4, 0.5) is 17.1 Å². The smallest absolute Gasteiger partial charge is 0.135 e. The molecule has 1 heterocycles. The van der Waals surface area contributed by atoms with E-state index in [2.05, 4.69) is 241 Å². The van der Waals surface area contributed by atoms with Crippen molar-refractivity contribution >= 4 is 27.8 Å². The van der Waals surface area contributed by atoms with Crippen LogP contribution in [0.1, 0.15) is 0 Å². The van der Waals surface area contributed by atoms with Crippen molar-refractivity contribution in [1.82, 2.24) is 0 Å². The third-order valence-electron chi connectivity index (χ3n) is 11.7. The number of ether oxygens (including phenoxy) is 1. The van der Waals surface area contributed by atoms with Gasteiger partial charge in [0.25, 0.3) is 0 Å². The van der Waals surface area contributed by atoms with Crippen molar-refractivity contribution in [2.75, 3.05) is 4.90 Å². The molecule has 2 nitrogen and oxygen atoms in total. The van der Waals surface area contributed by atoms with Crippen molar-refractivity contribution < 1.29 is 4.74 Å². The fourth-order valence-electron chi connectivity index (χ4n) is 8.67. The van der Waals surface area contributed by atoms with Crippen molar-refractivity contribution in [2.45, 2.75) is 0 Å². The van der Waals surface area contributed by atoms with E-state index in [-0.39, 0.29) is 0 Å². The van der Waals surface area contributed by atoms with Gasteiger partial charge in [-0.3, -0.25) is 0 Å². The first-order chi connectivity index (χ1) is 29.7. The Hall–Kier alpha value is -7.94. The van der Waals surface area contributed by atoms with Gasteiger partial charge in [0.05, 0.1) is 0 Å². The molecule has 10 aromatic rings. The summed E-state index contributed by atoms with van der Waals surface area (Å²) in [6, 6.07) is 84.7. The Bertz CT molecular complexity index is 3130. The van der Waals surface area contributed by atoms with Crippen LogP contribution in [-0.4, -0.2) is 0 Å². The predicted octanol–water partition coefficient (Wildman–Crippen LogP) is 16.4. The molecule has 0 aliphatic carbocycles. The first-order valence-corrected chi connectivity index (χ1v) is 20.5. The molecule has 0 saturated carbocycles. The van der Waals surface area contributed by atoms with Crippen molar-refractivity contribution in [2.24, 2.45) is 0 Å². The van der Waals surface area contributed by atoms with Gasteiger partial charge in [-0.15, -0.1) is 0 Å². The lowest BCUT2D eigenvalue weighted by molar-refractivity contribution is 0.488.